The molecule has 2 aromatic rings. The molecule has 0 saturated heterocycles. The fourth-order valence-corrected chi connectivity index (χ4v) is 1.44. The number of benzene rings is 1. The van der Waals surface area contributed by atoms with Crippen molar-refractivity contribution >= 4 is 11.1 Å². The van der Waals surface area contributed by atoms with Crippen LogP contribution in [-0.4, -0.2) is 18.7 Å². The van der Waals surface area contributed by atoms with Crippen molar-refractivity contribution in [3.8, 4) is 6.08 Å². The highest BCUT2D eigenvalue weighted by molar-refractivity contribution is 5.77. The van der Waals surface area contributed by atoms with Gasteiger partial charge in [-0.15, -0.1) is 0 Å². The number of ether oxygens (including phenoxy) is 1. The van der Waals surface area contributed by atoms with Crippen molar-refractivity contribution < 1.29 is 14.0 Å². The topological polar surface area (TPSA) is 70.5 Å². The monoisotopic (exact) mass is 208 g/mol. The predicted octanol–water partition coefficient (Wildman–Crippen LogP) is 1.27. The lowest BCUT2D eigenvalue weighted by atomic mass is 10.1. The number of aromatic nitrogens is 1. The molecule has 0 aliphatic rings. The van der Waals surface area contributed by atoms with Gasteiger partial charge in [-0.1, -0.05) is 12.1 Å². The normalized spacial score (nSPS) is 10.8. The van der Waals surface area contributed by atoms with E-state index in [1.54, 1.807) is 0 Å². The van der Waals surface area contributed by atoms with Crippen LogP contribution in [0.5, 0.6) is 6.08 Å². The molecule has 0 saturated carbocycles. The number of hydrogen-bond donors (Lipinski definition) is 1. The Morgan fingerprint density at radius 2 is 2.33 bits per heavy atom. The molecule has 2 rings (SSSR count). The summed E-state index contributed by atoms with van der Waals surface area (Å²) < 4.78 is 10.3. The van der Waals surface area contributed by atoms with Crippen molar-refractivity contribution in [2.45, 2.75) is 6.42 Å². The van der Waals surface area contributed by atoms with E-state index in [-0.39, 0.29) is 6.08 Å². The summed E-state index contributed by atoms with van der Waals surface area (Å²) in [5.41, 5.74) is 2.54. The highest BCUT2D eigenvalue weighted by Gasteiger charge is 2.09. The first kappa shape index (κ1) is 9.95. The number of fused-ring (bicyclic) bond motifs is 1. The lowest BCUT2D eigenvalue weighted by molar-refractivity contribution is 0.141. The van der Waals surface area contributed by atoms with E-state index in [0.29, 0.717) is 18.6 Å². The Hall–Kier alpha value is -1.59. The number of methoxy groups -OCH3 is 1. The minimum Gasteiger partial charge on any atom is -0.453 e. The van der Waals surface area contributed by atoms with Gasteiger partial charge in [-0.25, -0.2) is 5.90 Å². The highest BCUT2D eigenvalue weighted by Crippen LogP contribution is 2.23. The first-order valence-electron chi connectivity index (χ1n) is 4.59. The molecule has 0 radical (unpaired) electrons. The number of nitrogens with two attached hydrogens (primary N) is 1. The summed E-state index contributed by atoms with van der Waals surface area (Å²) in [4.78, 5) is 8.74. The van der Waals surface area contributed by atoms with Gasteiger partial charge < -0.3 is 14.0 Å². The van der Waals surface area contributed by atoms with Gasteiger partial charge in [-0.3, -0.25) is 0 Å². The van der Waals surface area contributed by atoms with Crippen molar-refractivity contribution in [3.05, 3.63) is 23.8 Å². The van der Waals surface area contributed by atoms with Crippen molar-refractivity contribution in [2.75, 3.05) is 13.7 Å². The van der Waals surface area contributed by atoms with Crippen LogP contribution in [0.4, 0.5) is 0 Å². The van der Waals surface area contributed by atoms with E-state index in [1.807, 2.05) is 18.2 Å². The van der Waals surface area contributed by atoms with E-state index < -0.39 is 0 Å². The van der Waals surface area contributed by atoms with Crippen LogP contribution in [0.3, 0.4) is 0 Å². The molecule has 80 valence electrons. The third-order valence-electron chi connectivity index (χ3n) is 2.15. The molecule has 0 atom stereocenters. The van der Waals surface area contributed by atoms with E-state index in [0.717, 1.165) is 11.1 Å². The van der Waals surface area contributed by atoms with Crippen LogP contribution in [0.2, 0.25) is 0 Å². The summed E-state index contributed by atoms with van der Waals surface area (Å²) in [6, 6.07) is 5.71. The van der Waals surface area contributed by atoms with Gasteiger partial charge in [0.2, 0.25) is 0 Å². The molecule has 5 nitrogen and oxygen atoms in total. The van der Waals surface area contributed by atoms with Gasteiger partial charge in [0.05, 0.1) is 13.7 Å². The zero-order valence-electron chi connectivity index (χ0n) is 8.40. The van der Waals surface area contributed by atoms with Gasteiger partial charge in [0, 0.05) is 6.42 Å². The van der Waals surface area contributed by atoms with Gasteiger partial charge in [0.1, 0.15) is 5.52 Å². The second kappa shape index (κ2) is 4.29. The van der Waals surface area contributed by atoms with E-state index in [2.05, 4.69) is 9.82 Å². The van der Waals surface area contributed by atoms with Gasteiger partial charge in [0.25, 0.3) is 0 Å². The smallest absolute Gasteiger partial charge is 0.394 e. The summed E-state index contributed by atoms with van der Waals surface area (Å²) in [5, 5.41) is 0. The first-order valence-corrected chi connectivity index (χ1v) is 4.59. The van der Waals surface area contributed by atoms with Crippen LogP contribution in [-0.2, 0) is 11.3 Å². The van der Waals surface area contributed by atoms with E-state index in [9.17, 15) is 0 Å². The summed E-state index contributed by atoms with van der Waals surface area (Å²) in [6.45, 7) is 0.453. The van der Waals surface area contributed by atoms with Crippen molar-refractivity contribution in [2.24, 2.45) is 5.90 Å². The molecule has 0 fully saturated rings. The Labute approximate surface area is 86.7 Å². The molecule has 2 N–H and O–H groups in total. The van der Waals surface area contributed by atoms with Crippen molar-refractivity contribution in [1.29, 1.82) is 0 Å². The van der Waals surface area contributed by atoms with Crippen LogP contribution < -0.4 is 10.6 Å². The van der Waals surface area contributed by atoms with E-state index in [4.69, 9.17) is 15.1 Å². The average molecular weight is 208 g/mol. The number of rotatable bonds is 4. The first-order chi connectivity index (χ1) is 7.35. The third-order valence-corrected chi connectivity index (χ3v) is 2.15. The summed E-state index contributed by atoms with van der Waals surface area (Å²) in [7, 11) is 1.52. The van der Waals surface area contributed by atoms with Gasteiger partial charge in [-0.05, 0) is 11.6 Å². The number of oxazole rings is 1. The maximum Gasteiger partial charge on any atom is 0.394 e. The molecule has 0 aliphatic carbocycles. The fraction of sp³-hybridized carbons (Fsp3) is 0.300. The largest absolute Gasteiger partial charge is 0.453 e. The number of hydrogen-bond acceptors (Lipinski definition) is 5. The Kier molecular flexibility index (Phi) is 2.84. The second-order valence-corrected chi connectivity index (χ2v) is 3.07. The molecule has 0 unspecified atom stereocenters. The second-order valence-electron chi connectivity index (χ2n) is 3.07. The Morgan fingerprint density at radius 1 is 1.47 bits per heavy atom. The Bertz CT molecular complexity index is 453. The summed E-state index contributed by atoms with van der Waals surface area (Å²) >= 11 is 0. The lowest BCUT2D eigenvalue weighted by Crippen LogP contribution is -2.03. The minimum atomic E-state index is 0.270. The molecule has 5 heteroatoms. The van der Waals surface area contributed by atoms with Crippen LogP contribution in [0.15, 0.2) is 22.6 Å². The van der Waals surface area contributed by atoms with Crippen LogP contribution >= 0.6 is 0 Å². The van der Waals surface area contributed by atoms with Crippen molar-refractivity contribution in [1.82, 2.24) is 4.98 Å². The fourth-order valence-electron chi connectivity index (χ4n) is 1.44. The predicted molar refractivity (Wildman–Crippen MR) is 54.4 cm³/mol. The zero-order valence-corrected chi connectivity index (χ0v) is 8.40. The van der Waals surface area contributed by atoms with Gasteiger partial charge in [0.15, 0.2) is 5.58 Å². The molecular weight excluding hydrogens is 196 g/mol. The summed E-state index contributed by atoms with van der Waals surface area (Å²) in [5.74, 6) is 4.98. The molecule has 1 aromatic carbocycles. The van der Waals surface area contributed by atoms with E-state index >= 15 is 0 Å². The molecule has 1 heterocycles. The summed E-state index contributed by atoms with van der Waals surface area (Å²) in [6.07, 6.45) is 0.967. The SMILES string of the molecule is COc1nc2c(CCON)cccc2o1. The van der Waals surface area contributed by atoms with Crippen LogP contribution in [0.1, 0.15) is 5.56 Å². The zero-order chi connectivity index (χ0) is 10.7. The molecular formula is C10H12N2O3. The number of para-hydroxylation sites is 1. The maximum absolute atomic E-state index is 5.33. The van der Waals surface area contributed by atoms with Crippen molar-refractivity contribution in [3.63, 3.8) is 0 Å². The molecule has 0 spiro atoms. The highest BCUT2D eigenvalue weighted by atomic mass is 16.6. The number of nitrogens with zero attached hydrogens (tertiary/aromatic N) is 1. The Morgan fingerprint density at radius 3 is 3.07 bits per heavy atom. The minimum absolute atomic E-state index is 0.270. The molecule has 0 aliphatic heterocycles. The molecule has 15 heavy (non-hydrogen) atoms. The average Bonchev–Trinajstić information content (AvgIpc) is 2.69. The molecule has 0 bridgehead atoms. The molecule has 0 amide bonds. The third kappa shape index (κ3) is 1.93. The van der Waals surface area contributed by atoms with Crippen LogP contribution in [0.25, 0.3) is 11.1 Å². The maximum atomic E-state index is 5.33. The Balaban J connectivity index is 2.40. The lowest BCUT2D eigenvalue weighted by Gasteiger charge is -1.98. The van der Waals surface area contributed by atoms with Gasteiger partial charge >= 0.3 is 6.08 Å². The van der Waals surface area contributed by atoms with Crippen LogP contribution in [0, 0.1) is 0 Å². The van der Waals surface area contributed by atoms with Gasteiger partial charge in [-0.2, -0.15) is 4.98 Å². The quantitative estimate of drug-likeness (QED) is 0.766. The molecule has 1 aromatic heterocycles. The standard InChI is InChI=1S/C10H12N2O3/c1-13-10-12-9-7(5-6-14-11)3-2-4-8(9)15-10/h2-4H,5-6,11H2,1H3. The van der Waals surface area contributed by atoms with E-state index in [1.165, 1.54) is 7.11 Å².